The molecule has 0 bridgehead atoms. The Morgan fingerprint density at radius 2 is 2.06 bits per heavy atom. The molecule has 1 N–H and O–H groups in total. The van der Waals surface area contributed by atoms with E-state index in [1.165, 1.54) is 0 Å². The highest BCUT2D eigenvalue weighted by Gasteiger charge is 2.23. The molecule has 0 atom stereocenters. The van der Waals surface area contributed by atoms with Crippen molar-refractivity contribution in [3.63, 3.8) is 0 Å². The van der Waals surface area contributed by atoms with Crippen molar-refractivity contribution >= 4 is 11.8 Å². The Morgan fingerprint density at radius 3 is 2.71 bits per heavy atom. The van der Waals surface area contributed by atoms with Gasteiger partial charge < -0.3 is 5.11 Å². The predicted molar refractivity (Wildman–Crippen MR) is 64.5 cm³/mol. The van der Waals surface area contributed by atoms with Crippen LogP contribution >= 0.6 is 0 Å². The smallest absolute Gasteiger partial charge is 0.303 e. The zero-order valence-corrected chi connectivity index (χ0v) is 10.2. The van der Waals surface area contributed by atoms with Gasteiger partial charge in [0.1, 0.15) is 0 Å². The van der Waals surface area contributed by atoms with Gasteiger partial charge in [0.25, 0.3) is 0 Å². The fourth-order valence-electron chi connectivity index (χ4n) is 2.63. The van der Waals surface area contributed by atoms with E-state index < -0.39 is 5.97 Å². The largest absolute Gasteiger partial charge is 0.481 e. The molecular formula is C14H16O3. The number of hydrogen-bond donors (Lipinski definition) is 1. The van der Waals surface area contributed by atoms with Crippen LogP contribution in [0.15, 0.2) is 6.07 Å². The maximum atomic E-state index is 11.7. The number of fused-ring (bicyclic) bond motifs is 1. The summed E-state index contributed by atoms with van der Waals surface area (Å²) in [6.07, 6.45) is 2.10. The molecule has 0 unspecified atom stereocenters. The lowest BCUT2D eigenvalue weighted by molar-refractivity contribution is -0.136. The van der Waals surface area contributed by atoms with Crippen LogP contribution in [-0.4, -0.2) is 16.9 Å². The molecule has 0 fully saturated rings. The summed E-state index contributed by atoms with van der Waals surface area (Å²) < 4.78 is 0. The zero-order chi connectivity index (χ0) is 12.6. The van der Waals surface area contributed by atoms with Gasteiger partial charge in [0.05, 0.1) is 0 Å². The number of carbonyl (C=O) groups is 2. The molecule has 0 aromatic heterocycles. The normalized spacial score (nSPS) is 13.9. The number of carboxylic acids is 1. The number of aryl methyl sites for hydroxylation is 1. The van der Waals surface area contributed by atoms with E-state index in [4.69, 9.17) is 5.11 Å². The van der Waals surface area contributed by atoms with Gasteiger partial charge in [0.15, 0.2) is 5.78 Å². The highest BCUT2D eigenvalue weighted by Crippen LogP contribution is 2.30. The lowest BCUT2D eigenvalue weighted by atomic mass is 9.91. The van der Waals surface area contributed by atoms with E-state index in [1.54, 1.807) is 0 Å². The second-order valence-electron chi connectivity index (χ2n) is 4.64. The van der Waals surface area contributed by atoms with Gasteiger partial charge in [-0.3, -0.25) is 9.59 Å². The molecule has 2 rings (SSSR count). The molecule has 90 valence electrons. The SMILES string of the molecule is Cc1cc2c(c(C)c1CCC(=O)O)CCC2=O. The highest BCUT2D eigenvalue weighted by atomic mass is 16.4. The summed E-state index contributed by atoms with van der Waals surface area (Å²) in [5.41, 5.74) is 5.23. The first-order chi connectivity index (χ1) is 8.00. The first-order valence-corrected chi connectivity index (χ1v) is 5.87. The van der Waals surface area contributed by atoms with Gasteiger partial charge in [0.2, 0.25) is 0 Å². The summed E-state index contributed by atoms with van der Waals surface area (Å²) >= 11 is 0. The van der Waals surface area contributed by atoms with Gasteiger partial charge in [-0.15, -0.1) is 0 Å². The topological polar surface area (TPSA) is 54.4 Å². The Labute approximate surface area is 100 Å². The average molecular weight is 232 g/mol. The van der Waals surface area contributed by atoms with Gasteiger partial charge in [-0.1, -0.05) is 0 Å². The van der Waals surface area contributed by atoms with E-state index in [1.807, 2.05) is 19.9 Å². The Hall–Kier alpha value is -1.64. The lowest BCUT2D eigenvalue weighted by Gasteiger charge is -2.13. The van der Waals surface area contributed by atoms with Crippen molar-refractivity contribution in [3.8, 4) is 0 Å². The maximum absolute atomic E-state index is 11.7. The third kappa shape index (κ3) is 2.09. The summed E-state index contributed by atoms with van der Waals surface area (Å²) in [4.78, 5) is 22.3. The molecular weight excluding hydrogens is 216 g/mol. The number of benzene rings is 1. The summed E-state index contributed by atoms with van der Waals surface area (Å²) in [6, 6.07) is 1.93. The van der Waals surface area contributed by atoms with Crippen LogP contribution in [0.25, 0.3) is 0 Å². The molecule has 0 saturated heterocycles. The van der Waals surface area contributed by atoms with Crippen LogP contribution in [0.2, 0.25) is 0 Å². The molecule has 1 aliphatic carbocycles. The van der Waals surface area contributed by atoms with E-state index in [-0.39, 0.29) is 12.2 Å². The fraction of sp³-hybridized carbons (Fsp3) is 0.429. The molecule has 0 radical (unpaired) electrons. The number of aliphatic carboxylic acids is 1. The number of Topliss-reactive ketones (excluding diaryl/α,β-unsaturated/α-hetero) is 1. The molecule has 1 aromatic carbocycles. The van der Waals surface area contributed by atoms with Crippen LogP contribution in [0.4, 0.5) is 0 Å². The minimum Gasteiger partial charge on any atom is -0.481 e. The summed E-state index contributed by atoms with van der Waals surface area (Å²) in [7, 11) is 0. The van der Waals surface area contributed by atoms with Gasteiger partial charge in [-0.25, -0.2) is 0 Å². The highest BCUT2D eigenvalue weighted by molar-refractivity contribution is 6.01. The number of ketones is 1. The quantitative estimate of drug-likeness (QED) is 0.870. The van der Waals surface area contributed by atoms with Crippen molar-refractivity contribution in [3.05, 3.63) is 33.9 Å². The van der Waals surface area contributed by atoms with Crippen LogP contribution in [0.1, 0.15) is 45.5 Å². The van der Waals surface area contributed by atoms with Crippen molar-refractivity contribution < 1.29 is 14.7 Å². The predicted octanol–water partition coefficient (Wildman–Crippen LogP) is 2.45. The average Bonchev–Trinajstić information content (AvgIpc) is 2.60. The zero-order valence-electron chi connectivity index (χ0n) is 10.2. The molecule has 3 nitrogen and oxygen atoms in total. The number of carbonyl (C=O) groups excluding carboxylic acids is 1. The third-order valence-electron chi connectivity index (χ3n) is 3.56. The van der Waals surface area contributed by atoms with Crippen molar-refractivity contribution in [2.24, 2.45) is 0 Å². The Bertz CT molecular complexity index is 501. The van der Waals surface area contributed by atoms with Gasteiger partial charge in [0, 0.05) is 18.4 Å². The third-order valence-corrected chi connectivity index (χ3v) is 3.56. The van der Waals surface area contributed by atoms with E-state index in [2.05, 4.69) is 0 Å². The molecule has 3 heteroatoms. The number of hydrogen-bond acceptors (Lipinski definition) is 2. The molecule has 1 aromatic rings. The summed E-state index contributed by atoms with van der Waals surface area (Å²) in [5.74, 6) is -0.559. The maximum Gasteiger partial charge on any atom is 0.303 e. The van der Waals surface area contributed by atoms with E-state index in [0.717, 1.165) is 34.2 Å². The molecule has 1 aliphatic rings. The fourth-order valence-corrected chi connectivity index (χ4v) is 2.63. The van der Waals surface area contributed by atoms with E-state index >= 15 is 0 Å². The van der Waals surface area contributed by atoms with Gasteiger partial charge in [-0.05, 0) is 55.0 Å². The van der Waals surface area contributed by atoms with Crippen molar-refractivity contribution in [2.75, 3.05) is 0 Å². The minimum absolute atomic E-state index is 0.147. The Morgan fingerprint density at radius 1 is 1.35 bits per heavy atom. The van der Waals surface area contributed by atoms with Crippen LogP contribution in [0.3, 0.4) is 0 Å². The van der Waals surface area contributed by atoms with Crippen LogP contribution in [0, 0.1) is 13.8 Å². The van der Waals surface area contributed by atoms with Crippen molar-refractivity contribution in [1.29, 1.82) is 0 Å². The van der Waals surface area contributed by atoms with Gasteiger partial charge in [-0.2, -0.15) is 0 Å². The van der Waals surface area contributed by atoms with E-state index in [9.17, 15) is 9.59 Å². The first kappa shape index (κ1) is 11.8. The number of rotatable bonds is 3. The van der Waals surface area contributed by atoms with E-state index in [0.29, 0.717) is 12.8 Å². The second kappa shape index (κ2) is 4.32. The van der Waals surface area contributed by atoms with Crippen molar-refractivity contribution in [2.45, 2.75) is 39.5 Å². The van der Waals surface area contributed by atoms with Gasteiger partial charge >= 0.3 is 5.97 Å². The summed E-state index contributed by atoms with van der Waals surface area (Å²) in [6.45, 7) is 3.96. The van der Waals surface area contributed by atoms with Crippen LogP contribution < -0.4 is 0 Å². The molecule has 17 heavy (non-hydrogen) atoms. The second-order valence-corrected chi connectivity index (χ2v) is 4.64. The Balaban J connectivity index is 2.41. The molecule has 0 amide bonds. The molecule has 0 saturated carbocycles. The van der Waals surface area contributed by atoms with Crippen LogP contribution in [-0.2, 0) is 17.6 Å². The molecule has 0 spiro atoms. The molecule has 0 heterocycles. The minimum atomic E-state index is -0.777. The summed E-state index contributed by atoms with van der Waals surface area (Å²) in [5, 5.41) is 8.74. The Kier molecular flexibility index (Phi) is 3.01. The van der Waals surface area contributed by atoms with Crippen LogP contribution in [0.5, 0.6) is 0 Å². The lowest BCUT2D eigenvalue weighted by Crippen LogP contribution is -2.04. The molecule has 0 aliphatic heterocycles. The first-order valence-electron chi connectivity index (χ1n) is 5.87. The monoisotopic (exact) mass is 232 g/mol. The van der Waals surface area contributed by atoms with Crippen molar-refractivity contribution in [1.82, 2.24) is 0 Å². The number of carboxylic acid groups (broad SMARTS) is 1. The standard InChI is InChI=1S/C14H16O3/c1-8-7-12-11(3-5-13(12)15)9(2)10(8)4-6-14(16)17/h7H,3-6H2,1-2H3,(H,16,17).